The van der Waals surface area contributed by atoms with Crippen LogP contribution in [0.3, 0.4) is 0 Å². The first kappa shape index (κ1) is 23.0. The number of hydrogen-bond donors (Lipinski definition) is 0. The highest BCUT2D eigenvalue weighted by Gasteiger charge is 2.34. The van der Waals surface area contributed by atoms with Crippen LogP contribution in [0.25, 0.3) is 0 Å². The van der Waals surface area contributed by atoms with Crippen LogP contribution in [0.4, 0.5) is 0 Å². The van der Waals surface area contributed by atoms with E-state index in [1.54, 1.807) is 0 Å². The summed E-state index contributed by atoms with van der Waals surface area (Å²) in [4.78, 5) is 22.7. The van der Waals surface area contributed by atoms with Gasteiger partial charge >= 0.3 is 0 Å². The molecule has 3 rings (SSSR count). The molecule has 0 aliphatic carbocycles. The summed E-state index contributed by atoms with van der Waals surface area (Å²) in [6.45, 7) is 14.2. The summed E-state index contributed by atoms with van der Waals surface area (Å²) in [5, 5.41) is 0. The molecule has 0 aromatic carbocycles. The van der Waals surface area contributed by atoms with Crippen molar-refractivity contribution in [2.24, 2.45) is 11.8 Å². The van der Waals surface area contributed by atoms with Gasteiger partial charge < -0.3 is 19.4 Å². The molecule has 0 aromatic heterocycles. The highest BCUT2D eigenvalue weighted by atomic mass is 16.5. The normalized spacial score (nSPS) is 28.7. The Bertz CT molecular complexity index is 501. The first-order valence-electron chi connectivity index (χ1n) is 11.9. The van der Waals surface area contributed by atoms with Crippen LogP contribution in [0, 0.1) is 11.8 Å². The summed E-state index contributed by atoms with van der Waals surface area (Å²) in [6, 6.07) is 1.04. The number of carbonyl (C=O) groups excluding carboxylic acids is 1. The van der Waals surface area contributed by atoms with E-state index in [4.69, 9.17) is 4.74 Å². The van der Waals surface area contributed by atoms with Gasteiger partial charge in [-0.25, -0.2) is 0 Å². The topological polar surface area (TPSA) is 39.3 Å². The number of hydrogen-bond acceptors (Lipinski definition) is 5. The highest BCUT2D eigenvalue weighted by Crippen LogP contribution is 2.28. The molecule has 6 heteroatoms. The molecule has 0 spiro atoms. The van der Waals surface area contributed by atoms with Crippen molar-refractivity contribution in [1.82, 2.24) is 19.6 Å². The second kappa shape index (κ2) is 11.1. The monoisotopic (exact) mass is 408 g/mol. The number of amides is 1. The van der Waals surface area contributed by atoms with Gasteiger partial charge in [0.25, 0.3) is 0 Å². The summed E-state index contributed by atoms with van der Waals surface area (Å²) in [5.74, 6) is 1.64. The molecule has 2 atom stereocenters. The van der Waals surface area contributed by atoms with Gasteiger partial charge in [0.05, 0.1) is 13.2 Å². The Morgan fingerprint density at radius 2 is 1.76 bits per heavy atom. The molecule has 0 saturated carbocycles. The van der Waals surface area contributed by atoms with Gasteiger partial charge in [0.1, 0.15) is 0 Å². The van der Waals surface area contributed by atoms with Crippen LogP contribution in [0.15, 0.2) is 0 Å². The minimum Gasteiger partial charge on any atom is -0.379 e. The molecule has 0 unspecified atom stereocenters. The second-order valence-corrected chi connectivity index (χ2v) is 10.00. The third kappa shape index (κ3) is 6.65. The highest BCUT2D eigenvalue weighted by molar-refractivity contribution is 5.76. The van der Waals surface area contributed by atoms with Crippen molar-refractivity contribution in [2.75, 3.05) is 73.1 Å². The van der Waals surface area contributed by atoms with Gasteiger partial charge in [-0.1, -0.05) is 13.8 Å². The Morgan fingerprint density at radius 3 is 2.41 bits per heavy atom. The largest absolute Gasteiger partial charge is 0.379 e. The van der Waals surface area contributed by atoms with Crippen LogP contribution in [-0.4, -0.2) is 111 Å². The third-order valence-electron chi connectivity index (χ3n) is 7.27. The smallest absolute Gasteiger partial charge is 0.222 e. The molecule has 3 saturated heterocycles. The zero-order valence-corrected chi connectivity index (χ0v) is 19.3. The molecule has 1 amide bonds. The Morgan fingerprint density at radius 1 is 1.07 bits per heavy atom. The van der Waals surface area contributed by atoms with E-state index in [9.17, 15) is 4.79 Å². The SMILES string of the molecule is CC(C)CN1CC[C@H](N2CCOCC2)[C@H](CCC(=O)N(C)C2CCN(C)CC2)C1. The maximum Gasteiger partial charge on any atom is 0.222 e. The van der Waals surface area contributed by atoms with E-state index in [0.29, 0.717) is 36.2 Å². The standard InChI is InChI=1S/C23H44N4O2/c1-19(2)17-26-12-9-22(27-13-15-29-16-14-27)20(18-26)5-6-23(28)25(4)21-7-10-24(3)11-8-21/h19-22H,5-18H2,1-4H3/t20-,22+/m1/s1. The molecule has 29 heavy (non-hydrogen) atoms. The number of piperidine rings is 2. The zero-order valence-electron chi connectivity index (χ0n) is 19.3. The molecule has 3 heterocycles. The van der Waals surface area contributed by atoms with Crippen molar-refractivity contribution in [3.8, 4) is 0 Å². The fraction of sp³-hybridized carbons (Fsp3) is 0.957. The molecular formula is C23H44N4O2. The summed E-state index contributed by atoms with van der Waals surface area (Å²) < 4.78 is 5.59. The quantitative estimate of drug-likeness (QED) is 0.644. The number of carbonyl (C=O) groups is 1. The van der Waals surface area contributed by atoms with Crippen LogP contribution in [0.2, 0.25) is 0 Å². The van der Waals surface area contributed by atoms with E-state index >= 15 is 0 Å². The Balaban J connectivity index is 1.55. The van der Waals surface area contributed by atoms with Crippen molar-refractivity contribution >= 4 is 5.91 Å². The summed E-state index contributed by atoms with van der Waals surface area (Å²) in [7, 11) is 4.21. The lowest BCUT2D eigenvalue weighted by Gasteiger charge is -2.45. The second-order valence-electron chi connectivity index (χ2n) is 10.00. The third-order valence-corrected chi connectivity index (χ3v) is 7.27. The van der Waals surface area contributed by atoms with E-state index in [1.165, 1.54) is 19.5 Å². The van der Waals surface area contributed by atoms with E-state index in [1.807, 2.05) is 7.05 Å². The average molecular weight is 409 g/mol. The van der Waals surface area contributed by atoms with Crippen LogP contribution in [-0.2, 0) is 9.53 Å². The fourth-order valence-corrected chi connectivity index (χ4v) is 5.52. The zero-order chi connectivity index (χ0) is 20.8. The minimum absolute atomic E-state index is 0.348. The first-order valence-corrected chi connectivity index (χ1v) is 11.9. The molecule has 3 aliphatic rings. The van der Waals surface area contributed by atoms with Crippen molar-refractivity contribution < 1.29 is 9.53 Å². The molecule has 0 aromatic rings. The number of nitrogens with zero attached hydrogens (tertiary/aromatic N) is 4. The molecule has 0 radical (unpaired) electrons. The van der Waals surface area contributed by atoms with E-state index in [-0.39, 0.29) is 0 Å². The number of morpholine rings is 1. The van der Waals surface area contributed by atoms with Crippen molar-refractivity contribution in [3.63, 3.8) is 0 Å². The van der Waals surface area contributed by atoms with E-state index in [0.717, 1.165) is 65.2 Å². The van der Waals surface area contributed by atoms with Gasteiger partial charge in [-0.05, 0) is 64.2 Å². The van der Waals surface area contributed by atoms with Crippen molar-refractivity contribution in [3.05, 3.63) is 0 Å². The van der Waals surface area contributed by atoms with Crippen LogP contribution >= 0.6 is 0 Å². The maximum absolute atomic E-state index is 13.0. The average Bonchev–Trinajstić information content (AvgIpc) is 2.72. The summed E-state index contributed by atoms with van der Waals surface area (Å²) in [6.07, 6.45) is 5.17. The van der Waals surface area contributed by atoms with Gasteiger partial charge in [0.15, 0.2) is 0 Å². The molecule has 0 bridgehead atoms. The summed E-state index contributed by atoms with van der Waals surface area (Å²) in [5.41, 5.74) is 0. The predicted molar refractivity (Wildman–Crippen MR) is 118 cm³/mol. The van der Waals surface area contributed by atoms with Crippen LogP contribution in [0.1, 0.15) is 46.0 Å². The first-order chi connectivity index (χ1) is 13.9. The fourth-order valence-electron chi connectivity index (χ4n) is 5.52. The lowest BCUT2D eigenvalue weighted by Crippen LogP contribution is -2.54. The van der Waals surface area contributed by atoms with E-state index in [2.05, 4.69) is 40.5 Å². The molecule has 3 aliphatic heterocycles. The number of likely N-dealkylation sites (tertiary alicyclic amines) is 2. The van der Waals surface area contributed by atoms with Crippen LogP contribution in [0.5, 0.6) is 0 Å². The molecule has 0 N–H and O–H groups in total. The van der Waals surface area contributed by atoms with Gasteiger partial charge in [0.2, 0.25) is 5.91 Å². The Hall–Kier alpha value is -0.690. The minimum atomic E-state index is 0.348. The molecule has 6 nitrogen and oxygen atoms in total. The maximum atomic E-state index is 13.0. The summed E-state index contributed by atoms with van der Waals surface area (Å²) >= 11 is 0. The number of rotatable bonds is 7. The molecule has 168 valence electrons. The lowest BCUT2D eigenvalue weighted by atomic mass is 9.86. The van der Waals surface area contributed by atoms with Gasteiger partial charge in [-0.2, -0.15) is 0 Å². The Labute approximate surface area is 178 Å². The Kier molecular flexibility index (Phi) is 8.78. The predicted octanol–water partition coefficient (Wildman–Crippen LogP) is 2.00. The lowest BCUT2D eigenvalue weighted by molar-refractivity contribution is -0.133. The van der Waals surface area contributed by atoms with Crippen molar-refractivity contribution in [1.29, 1.82) is 0 Å². The van der Waals surface area contributed by atoms with Gasteiger partial charge in [0, 0.05) is 51.7 Å². The van der Waals surface area contributed by atoms with Gasteiger partial charge in [-0.3, -0.25) is 9.69 Å². The van der Waals surface area contributed by atoms with Crippen molar-refractivity contribution in [2.45, 2.75) is 58.0 Å². The molecular weight excluding hydrogens is 364 g/mol. The van der Waals surface area contributed by atoms with E-state index < -0.39 is 0 Å². The number of ether oxygens (including phenoxy) is 1. The van der Waals surface area contributed by atoms with Gasteiger partial charge in [-0.15, -0.1) is 0 Å². The van der Waals surface area contributed by atoms with Crippen LogP contribution < -0.4 is 0 Å². The molecule has 3 fully saturated rings.